The van der Waals surface area contributed by atoms with E-state index in [0.717, 1.165) is 22.2 Å². The number of hydrogen-bond acceptors (Lipinski definition) is 6. The number of rotatable bonds is 6. The van der Waals surface area contributed by atoms with E-state index in [1.807, 2.05) is 66.8 Å². The second-order valence-electron chi connectivity index (χ2n) is 8.19. The number of fused-ring (bicyclic) bond motifs is 2. The highest BCUT2D eigenvalue weighted by molar-refractivity contribution is 6.04. The molecule has 0 bridgehead atoms. The highest BCUT2D eigenvalue weighted by atomic mass is 16.5. The van der Waals surface area contributed by atoms with Crippen molar-refractivity contribution in [1.29, 1.82) is 0 Å². The molecule has 0 spiro atoms. The molecule has 1 aromatic heterocycles. The number of methoxy groups -OCH3 is 1. The standard InChI is InChI=1S/C24H26N6O3/c1-28-20-9-4-3-8-18(20)22(27-28)23(31)25-10-11-29-12-13-30-21(24(29)32)15-19(26-30)16-6-5-7-17(14-16)33-2/h3-9,12-14,19,21,26H,10-11,15H2,1-2H3,(H,25,31). The number of nitrogens with one attached hydrogen (secondary N) is 2. The third kappa shape index (κ3) is 3.91. The molecule has 2 aromatic carbocycles. The summed E-state index contributed by atoms with van der Waals surface area (Å²) >= 11 is 0. The monoisotopic (exact) mass is 446 g/mol. The van der Waals surface area contributed by atoms with E-state index in [2.05, 4.69) is 15.8 Å². The molecule has 2 amide bonds. The maximum Gasteiger partial charge on any atom is 0.272 e. The minimum atomic E-state index is -0.290. The van der Waals surface area contributed by atoms with Crippen LogP contribution in [0.4, 0.5) is 0 Å². The van der Waals surface area contributed by atoms with E-state index in [1.54, 1.807) is 22.9 Å². The Balaban J connectivity index is 1.19. The lowest BCUT2D eigenvalue weighted by Gasteiger charge is -2.31. The Bertz CT molecular complexity index is 1240. The third-order valence-corrected chi connectivity index (χ3v) is 6.18. The van der Waals surface area contributed by atoms with Crippen molar-refractivity contribution in [2.24, 2.45) is 7.05 Å². The first-order valence-electron chi connectivity index (χ1n) is 10.9. The average Bonchev–Trinajstić information content (AvgIpc) is 3.43. The van der Waals surface area contributed by atoms with Crippen molar-refractivity contribution >= 4 is 22.7 Å². The fourth-order valence-electron chi connectivity index (χ4n) is 4.45. The maximum absolute atomic E-state index is 13.1. The lowest BCUT2D eigenvalue weighted by Crippen LogP contribution is -2.49. The van der Waals surface area contributed by atoms with Gasteiger partial charge in [0.25, 0.3) is 11.8 Å². The Morgan fingerprint density at radius 3 is 2.91 bits per heavy atom. The highest BCUT2D eigenvalue weighted by Crippen LogP contribution is 2.32. The fraction of sp³-hybridized carbons (Fsp3) is 0.292. The molecule has 0 radical (unpaired) electrons. The number of aryl methyl sites for hydroxylation is 1. The van der Waals surface area contributed by atoms with Gasteiger partial charge in [-0.1, -0.05) is 30.3 Å². The summed E-state index contributed by atoms with van der Waals surface area (Å²) in [6.07, 6.45) is 4.28. The molecular weight excluding hydrogens is 420 g/mol. The zero-order valence-electron chi connectivity index (χ0n) is 18.6. The van der Waals surface area contributed by atoms with Crippen LogP contribution in [0.1, 0.15) is 28.5 Å². The minimum absolute atomic E-state index is 0.00734. The summed E-state index contributed by atoms with van der Waals surface area (Å²) < 4.78 is 7.02. The van der Waals surface area contributed by atoms with Gasteiger partial charge in [-0.3, -0.25) is 14.3 Å². The normalized spacial score (nSPS) is 19.8. The van der Waals surface area contributed by atoms with Crippen LogP contribution < -0.4 is 15.5 Å². The highest BCUT2D eigenvalue weighted by Gasteiger charge is 2.39. The largest absolute Gasteiger partial charge is 0.497 e. The predicted octanol–water partition coefficient (Wildman–Crippen LogP) is 1.95. The van der Waals surface area contributed by atoms with E-state index in [4.69, 9.17) is 4.74 Å². The Morgan fingerprint density at radius 1 is 1.21 bits per heavy atom. The van der Waals surface area contributed by atoms with Crippen LogP contribution in [0.5, 0.6) is 5.75 Å². The Labute approximate surface area is 191 Å². The first kappa shape index (κ1) is 21.0. The van der Waals surface area contributed by atoms with Crippen LogP contribution >= 0.6 is 0 Å². The van der Waals surface area contributed by atoms with Crippen LogP contribution in [-0.4, -0.2) is 57.7 Å². The van der Waals surface area contributed by atoms with Gasteiger partial charge in [-0.05, 0) is 30.2 Å². The Kier molecular flexibility index (Phi) is 5.47. The van der Waals surface area contributed by atoms with Crippen molar-refractivity contribution in [3.63, 3.8) is 0 Å². The Morgan fingerprint density at radius 2 is 2.06 bits per heavy atom. The molecule has 9 nitrogen and oxygen atoms in total. The van der Waals surface area contributed by atoms with E-state index in [9.17, 15) is 9.59 Å². The number of carbonyl (C=O) groups excluding carboxylic acids is 2. The van der Waals surface area contributed by atoms with Crippen molar-refractivity contribution in [2.45, 2.75) is 18.5 Å². The van der Waals surface area contributed by atoms with Gasteiger partial charge in [-0.2, -0.15) is 5.10 Å². The summed E-state index contributed by atoms with van der Waals surface area (Å²) in [5.41, 5.74) is 5.75. The summed E-state index contributed by atoms with van der Waals surface area (Å²) in [6.45, 7) is 0.722. The summed E-state index contributed by atoms with van der Waals surface area (Å²) in [6, 6.07) is 15.2. The number of nitrogens with zero attached hydrogens (tertiary/aromatic N) is 4. The first-order valence-corrected chi connectivity index (χ1v) is 10.9. The lowest BCUT2D eigenvalue weighted by molar-refractivity contribution is -0.134. The summed E-state index contributed by atoms with van der Waals surface area (Å²) in [5, 5.41) is 9.91. The molecule has 1 fully saturated rings. The molecule has 2 aliphatic heterocycles. The molecule has 33 heavy (non-hydrogen) atoms. The van der Waals surface area contributed by atoms with E-state index in [0.29, 0.717) is 25.2 Å². The molecule has 3 heterocycles. The number of ether oxygens (including phenoxy) is 1. The molecule has 170 valence electrons. The summed E-state index contributed by atoms with van der Waals surface area (Å²) in [5.74, 6) is 0.550. The fourth-order valence-corrected chi connectivity index (χ4v) is 4.45. The number of carbonyl (C=O) groups is 2. The average molecular weight is 447 g/mol. The predicted molar refractivity (Wildman–Crippen MR) is 123 cm³/mol. The number of amides is 2. The van der Waals surface area contributed by atoms with Crippen molar-refractivity contribution in [3.05, 3.63) is 72.2 Å². The van der Waals surface area contributed by atoms with Crippen molar-refractivity contribution < 1.29 is 14.3 Å². The number of para-hydroxylation sites is 1. The number of aromatic nitrogens is 2. The van der Waals surface area contributed by atoms with Gasteiger partial charge < -0.3 is 20.0 Å². The molecule has 2 aliphatic rings. The van der Waals surface area contributed by atoms with Crippen LogP contribution in [-0.2, 0) is 11.8 Å². The smallest absolute Gasteiger partial charge is 0.272 e. The third-order valence-electron chi connectivity index (χ3n) is 6.18. The lowest BCUT2D eigenvalue weighted by atomic mass is 10.0. The van der Waals surface area contributed by atoms with E-state index < -0.39 is 0 Å². The summed E-state index contributed by atoms with van der Waals surface area (Å²) in [7, 11) is 3.46. The number of hydrazine groups is 1. The van der Waals surface area contributed by atoms with Crippen LogP contribution in [0, 0.1) is 0 Å². The van der Waals surface area contributed by atoms with Crippen molar-refractivity contribution in [2.75, 3.05) is 20.2 Å². The topological polar surface area (TPSA) is 91.7 Å². The van der Waals surface area contributed by atoms with Gasteiger partial charge in [0.1, 0.15) is 11.8 Å². The van der Waals surface area contributed by atoms with Gasteiger partial charge in [0.2, 0.25) is 0 Å². The minimum Gasteiger partial charge on any atom is -0.497 e. The van der Waals surface area contributed by atoms with Crippen LogP contribution in [0.2, 0.25) is 0 Å². The van der Waals surface area contributed by atoms with Gasteiger partial charge in [-0.25, -0.2) is 5.43 Å². The van der Waals surface area contributed by atoms with Gasteiger partial charge >= 0.3 is 0 Å². The number of benzene rings is 2. The van der Waals surface area contributed by atoms with E-state index >= 15 is 0 Å². The van der Waals surface area contributed by atoms with Crippen LogP contribution in [0.25, 0.3) is 10.9 Å². The molecule has 9 heteroatoms. The molecule has 2 atom stereocenters. The van der Waals surface area contributed by atoms with Gasteiger partial charge in [0, 0.05) is 37.9 Å². The van der Waals surface area contributed by atoms with Crippen molar-refractivity contribution in [1.82, 2.24) is 30.4 Å². The summed E-state index contributed by atoms with van der Waals surface area (Å²) in [4.78, 5) is 27.4. The zero-order chi connectivity index (χ0) is 22.9. The molecule has 2 N–H and O–H groups in total. The Hall–Kier alpha value is -3.85. The molecule has 0 saturated carbocycles. The second-order valence-corrected chi connectivity index (χ2v) is 8.19. The second kappa shape index (κ2) is 8.59. The van der Waals surface area contributed by atoms with E-state index in [-0.39, 0.29) is 23.9 Å². The maximum atomic E-state index is 13.1. The van der Waals surface area contributed by atoms with Gasteiger partial charge in [-0.15, -0.1) is 0 Å². The quantitative estimate of drug-likeness (QED) is 0.601. The molecule has 0 aliphatic carbocycles. The SMILES string of the molecule is COc1cccc(C2CC3C(=O)N(CCNC(=O)c4nn(C)c5ccccc45)C=CN3N2)c1. The molecule has 3 aromatic rings. The van der Waals surface area contributed by atoms with Crippen LogP contribution in [0.3, 0.4) is 0 Å². The zero-order valence-corrected chi connectivity index (χ0v) is 18.6. The number of hydrogen-bond donors (Lipinski definition) is 2. The first-order chi connectivity index (χ1) is 16.0. The molecule has 2 unspecified atom stereocenters. The van der Waals surface area contributed by atoms with Crippen molar-refractivity contribution in [3.8, 4) is 5.75 Å². The molecule has 1 saturated heterocycles. The van der Waals surface area contributed by atoms with E-state index in [1.165, 1.54) is 0 Å². The van der Waals surface area contributed by atoms with Gasteiger partial charge in [0.05, 0.1) is 18.7 Å². The molecule has 5 rings (SSSR count). The van der Waals surface area contributed by atoms with Gasteiger partial charge in [0.15, 0.2) is 5.69 Å². The van der Waals surface area contributed by atoms with Crippen LogP contribution in [0.15, 0.2) is 60.9 Å². The molecular formula is C24H26N6O3.